The maximum Gasteiger partial charge on any atom is 0.0931 e. The molecule has 0 N–H and O–H groups in total. The Hall–Kier alpha value is 0.470. The minimum absolute atomic E-state index is 0.609. The van der Waals surface area contributed by atoms with Crippen LogP contribution in [0.15, 0.2) is 12.1 Å². The average molecular weight is 282 g/mol. The zero-order chi connectivity index (χ0) is 9.84. The molecule has 0 aliphatic carbocycles. The molecule has 1 heterocycles. The van der Waals surface area contributed by atoms with Crippen molar-refractivity contribution in [2.75, 3.05) is 0 Å². The van der Waals surface area contributed by atoms with Crippen LogP contribution in [0.4, 0.5) is 0 Å². The molecule has 0 amide bonds. The molecule has 3 heteroatoms. The van der Waals surface area contributed by atoms with Gasteiger partial charge < -0.3 is 0 Å². The highest BCUT2D eigenvalue weighted by atomic mass is 79.9. The van der Waals surface area contributed by atoms with Crippen LogP contribution in [0.25, 0.3) is 0 Å². The van der Waals surface area contributed by atoms with E-state index in [0.717, 1.165) is 16.7 Å². The highest BCUT2D eigenvalue weighted by Crippen LogP contribution is 2.25. The second kappa shape index (κ2) is 5.38. The summed E-state index contributed by atoms with van der Waals surface area (Å²) < 4.78 is 0.897. The predicted molar refractivity (Wildman–Crippen MR) is 65.2 cm³/mol. The summed E-state index contributed by atoms with van der Waals surface area (Å²) in [6, 6.07) is 4.11. The molecule has 0 fully saturated rings. The first-order valence-electron chi connectivity index (χ1n) is 4.46. The van der Waals surface area contributed by atoms with Gasteiger partial charge in [0.25, 0.3) is 0 Å². The van der Waals surface area contributed by atoms with Gasteiger partial charge in [0.1, 0.15) is 0 Å². The smallest absolute Gasteiger partial charge is 0.0931 e. The molecule has 0 radical (unpaired) electrons. The molecule has 0 spiro atoms. The highest BCUT2D eigenvalue weighted by Gasteiger charge is 2.08. The molecule has 74 valence electrons. The van der Waals surface area contributed by atoms with Gasteiger partial charge in [0.05, 0.1) is 4.34 Å². The first-order chi connectivity index (χ1) is 6.08. The van der Waals surface area contributed by atoms with Crippen molar-refractivity contribution in [1.82, 2.24) is 0 Å². The van der Waals surface area contributed by atoms with Gasteiger partial charge in [0, 0.05) is 9.70 Å². The Labute approximate surface area is 97.4 Å². The van der Waals surface area contributed by atoms with E-state index in [2.05, 4.69) is 35.8 Å². The predicted octanol–water partition coefficient (Wildman–Crippen LogP) is 4.75. The highest BCUT2D eigenvalue weighted by molar-refractivity contribution is 9.09. The van der Waals surface area contributed by atoms with Crippen LogP contribution in [-0.4, -0.2) is 4.83 Å². The van der Waals surface area contributed by atoms with Crippen LogP contribution in [0, 0.1) is 5.92 Å². The van der Waals surface area contributed by atoms with Crippen LogP contribution >= 0.6 is 38.9 Å². The lowest BCUT2D eigenvalue weighted by Crippen LogP contribution is -2.03. The standard InChI is InChI=1S/C10H14BrClS/c1-7(5-8(2)11)6-9-3-4-10(12)13-9/h3-4,7-8H,5-6H2,1-2H3. The number of thiophene rings is 1. The molecule has 13 heavy (non-hydrogen) atoms. The molecule has 0 saturated carbocycles. The Bertz CT molecular complexity index is 257. The van der Waals surface area contributed by atoms with Crippen molar-refractivity contribution < 1.29 is 0 Å². The van der Waals surface area contributed by atoms with E-state index in [0.29, 0.717) is 4.83 Å². The van der Waals surface area contributed by atoms with Crippen LogP contribution in [0.2, 0.25) is 4.34 Å². The third-order valence-corrected chi connectivity index (χ3v) is 3.53. The lowest BCUT2D eigenvalue weighted by atomic mass is 10.0. The van der Waals surface area contributed by atoms with Gasteiger partial charge in [-0.2, -0.15) is 0 Å². The molecular formula is C10H14BrClS. The Morgan fingerprint density at radius 1 is 1.46 bits per heavy atom. The summed E-state index contributed by atoms with van der Waals surface area (Å²) in [5.41, 5.74) is 0. The Kier molecular flexibility index (Phi) is 4.77. The van der Waals surface area contributed by atoms with Crippen molar-refractivity contribution in [2.24, 2.45) is 5.92 Å². The molecule has 0 aliphatic heterocycles. The van der Waals surface area contributed by atoms with Crippen molar-refractivity contribution in [3.8, 4) is 0 Å². The van der Waals surface area contributed by atoms with E-state index in [4.69, 9.17) is 11.6 Å². The molecule has 1 aromatic heterocycles. The summed E-state index contributed by atoms with van der Waals surface area (Å²) >= 11 is 11.1. The van der Waals surface area contributed by atoms with Crippen molar-refractivity contribution in [3.05, 3.63) is 21.3 Å². The van der Waals surface area contributed by atoms with Crippen LogP contribution in [-0.2, 0) is 6.42 Å². The molecule has 0 saturated heterocycles. The first kappa shape index (κ1) is 11.5. The van der Waals surface area contributed by atoms with E-state index >= 15 is 0 Å². The summed E-state index contributed by atoms with van der Waals surface area (Å²) in [4.78, 5) is 2.00. The second-order valence-corrected chi connectivity index (χ2v) is 6.89. The lowest BCUT2D eigenvalue weighted by Gasteiger charge is -2.11. The third-order valence-electron chi connectivity index (χ3n) is 1.91. The number of rotatable bonds is 4. The summed E-state index contributed by atoms with van der Waals surface area (Å²) in [6.45, 7) is 4.48. The number of alkyl halides is 1. The molecule has 0 aromatic carbocycles. The monoisotopic (exact) mass is 280 g/mol. The van der Waals surface area contributed by atoms with Crippen LogP contribution in [0.5, 0.6) is 0 Å². The fraction of sp³-hybridized carbons (Fsp3) is 0.600. The molecule has 0 bridgehead atoms. The Morgan fingerprint density at radius 2 is 2.15 bits per heavy atom. The largest absolute Gasteiger partial charge is 0.128 e. The van der Waals surface area contributed by atoms with Gasteiger partial charge in [0.15, 0.2) is 0 Å². The van der Waals surface area contributed by atoms with Gasteiger partial charge in [-0.3, -0.25) is 0 Å². The van der Waals surface area contributed by atoms with E-state index in [-0.39, 0.29) is 0 Å². The maximum atomic E-state index is 5.86. The zero-order valence-corrected chi connectivity index (χ0v) is 11.0. The fourth-order valence-corrected chi connectivity index (χ4v) is 3.33. The van der Waals surface area contributed by atoms with Gasteiger partial charge in [-0.05, 0) is 30.9 Å². The van der Waals surface area contributed by atoms with Crippen molar-refractivity contribution in [3.63, 3.8) is 0 Å². The zero-order valence-electron chi connectivity index (χ0n) is 7.89. The van der Waals surface area contributed by atoms with E-state index in [9.17, 15) is 0 Å². The summed E-state index contributed by atoms with van der Waals surface area (Å²) in [6.07, 6.45) is 2.36. The number of hydrogen-bond donors (Lipinski definition) is 0. The lowest BCUT2D eigenvalue weighted by molar-refractivity contribution is 0.537. The quantitative estimate of drug-likeness (QED) is 0.699. The van der Waals surface area contributed by atoms with Gasteiger partial charge in [0.2, 0.25) is 0 Å². The summed E-state index contributed by atoms with van der Waals surface area (Å²) in [5.74, 6) is 0.726. The number of halogens is 2. The van der Waals surface area contributed by atoms with E-state index in [1.54, 1.807) is 11.3 Å². The summed E-state index contributed by atoms with van der Waals surface area (Å²) in [5, 5.41) is 0. The second-order valence-electron chi connectivity index (χ2n) is 3.53. The summed E-state index contributed by atoms with van der Waals surface area (Å²) in [7, 11) is 0. The van der Waals surface area contributed by atoms with E-state index < -0.39 is 0 Å². The molecular weight excluding hydrogens is 268 g/mol. The molecule has 2 unspecified atom stereocenters. The molecule has 2 atom stereocenters. The molecule has 0 aliphatic rings. The third kappa shape index (κ3) is 4.48. The van der Waals surface area contributed by atoms with Crippen molar-refractivity contribution >= 4 is 38.9 Å². The fourth-order valence-electron chi connectivity index (χ4n) is 1.44. The van der Waals surface area contributed by atoms with E-state index in [1.807, 2.05) is 6.07 Å². The number of hydrogen-bond acceptors (Lipinski definition) is 1. The first-order valence-corrected chi connectivity index (χ1v) is 6.57. The average Bonchev–Trinajstić information content (AvgIpc) is 2.33. The molecule has 1 rings (SSSR count). The normalized spacial score (nSPS) is 15.7. The van der Waals surface area contributed by atoms with E-state index in [1.165, 1.54) is 11.3 Å². The van der Waals surface area contributed by atoms with Crippen LogP contribution in [0.1, 0.15) is 25.1 Å². The van der Waals surface area contributed by atoms with Gasteiger partial charge in [-0.25, -0.2) is 0 Å². The van der Waals surface area contributed by atoms with Crippen molar-refractivity contribution in [2.45, 2.75) is 31.5 Å². The van der Waals surface area contributed by atoms with Gasteiger partial charge in [-0.1, -0.05) is 41.4 Å². The van der Waals surface area contributed by atoms with Gasteiger partial charge in [-0.15, -0.1) is 11.3 Å². The Balaban J connectivity index is 2.40. The minimum atomic E-state index is 0.609. The minimum Gasteiger partial charge on any atom is -0.128 e. The van der Waals surface area contributed by atoms with Crippen molar-refractivity contribution in [1.29, 1.82) is 0 Å². The van der Waals surface area contributed by atoms with Gasteiger partial charge >= 0.3 is 0 Å². The van der Waals surface area contributed by atoms with Crippen LogP contribution in [0.3, 0.4) is 0 Å². The topological polar surface area (TPSA) is 0 Å². The molecule has 1 aromatic rings. The van der Waals surface area contributed by atoms with Crippen LogP contribution < -0.4 is 0 Å². The SMILES string of the molecule is CC(Br)CC(C)Cc1ccc(Cl)s1. The Morgan fingerprint density at radius 3 is 2.62 bits per heavy atom. The maximum absolute atomic E-state index is 5.86. The molecule has 0 nitrogen and oxygen atoms in total.